The third-order valence-electron chi connectivity index (χ3n) is 5.33. The lowest BCUT2D eigenvalue weighted by Crippen LogP contribution is -2.49. The van der Waals surface area contributed by atoms with Gasteiger partial charge < -0.3 is 19.7 Å². The molecule has 6 nitrogen and oxygen atoms in total. The molecule has 1 aliphatic heterocycles. The maximum Gasteiger partial charge on any atom is 0.234 e. The molecular weight excluding hydrogens is 366 g/mol. The van der Waals surface area contributed by atoms with Gasteiger partial charge in [-0.2, -0.15) is 0 Å². The molecule has 3 rings (SSSR count). The second-order valence-corrected chi connectivity index (χ2v) is 7.32. The number of amides is 1. The van der Waals surface area contributed by atoms with Crippen LogP contribution in [0.3, 0.4) is 0 Å². The molecule has 0 aromatic heterocycles. The van der Waals surface area contributed by atoms with Crippen molar-refractivity contribution in [1.82, 2.24) is 15.1 Å². The zero-order chi connectivity index (χ0) is 20.5. The van der Waals surface area contributed by atoms with E-state index >= 15 is 0 Å². The van der Waals surface area contributed by atoms with E-state index in [9.17, 15) is 4.79 Å². The molecule has 0 radical (unpaired) electrons. The fourth-order valence-electron chi connectivity index (χ4n) is 3.55. The first-order valence-electron chi connectivity index (χ1n) is 10.1. The van der Waals surface area contributed by atoms with Crippen LogP contribution in [0.1, 0.15) is 11.1 Å². The van der Waals surface area contributed by atoms with Crippen molar-refractivity contribution in [1.29, 1.82) is 0 Å². The quantitative estimate of drug-likeness (QED) is 0.703. The fraction of sp³-hybridized carbons (Fsp3) is 0.435. The number of methoxy groups -OCH3 is 2. The van der Waals surface area contributed by atoms with Gasteiger partial charge in [0.2, 0.25) is 5.91 Å². The Morgan fingerprint density at radius 3 is 2.28 bits per heavy atom. The number of nitrogens with zero attached hydrogens (tertiary/aromatic N) is 2. The molecule has 1 saturated heterocycles. The summed E-state index contributed by atoms with van der Waals surface area (Å²) in [5.41, 5.74) is 2.37. The molecule has 6 heteroatoms. The Bertz CT molecular complexity index is 774. The van der Waals surface area contributed by atoms with Gasteiger partial charge in [0, 0.05) is 39.3 Å². The molecule has 1 heterocycles. The Morgan fingerprint density at radius 2 is 1.59 bits per heavy atom. The molecular formula is C23H31N3O3. The molecule has 1 aliphatic rings. The standard InChI is InChI=1S/C23H31N3O3/c1-28-21-9-8-20(16-22(21)29-2)17-24-23(27)18-26-14-12-25(13-15-26)11-10-19-6-4-3-5-7-19/h3-9,16H,10-15,17-18H2,1-2H3,(H,24,27). The van der Waals surface area contributed by atoms with Crippen molar-refractivity contribution in [2.75, 3.05) is 53.5 Å². The average molecular weight is 398 g/mol. The lowest BCUT2D eigenvalue weighted by atomic mass is 10.1. The van der Waals surface area contributed by atoms with Gasteiger partial charge in [-0.25, -0.2) is 0 Å². The van der Waals surface area contributed by atoms with Crippen molar-refractivity contribution < 1.29 is 14.3 Å². The number of carbonyl (C=O) groups is 1. The third kappa shape index (κ3) is 6.48. The van der Waals surface area contributed by atoms with Crippen molar-refractivity contribution in [2.24, 2.45) is 0 Å². The Labute approximate surface area is 173 Å². The summed E-state index contributed by atoms with van der Waals surface area (Å²) in [4.78, 5) is 17.0. The molecule has 0 saturated carbocycles. The second kappa shape index (κ2) is 10.8. The minimum Gasteiger partial charge on any atom is -0.493 e. The SMILES string of the molecule is COc1ccc(CNC(=O)CN2CCN(CCc3ccccc3)CC2)cc1OC. The summed E-state index contributed by atoms with van der Waals surface area (Å²) >= 11 is 0. The van der Waals surface area contributed by atoms with Crippen LogP contribution in [0, 0.1) is 0 Å². The van der Waals surface area contributed by atoms with Gasteiger partial charge in [-0.1, -0.05) is 36.4 Å². The molecule has 1 amide bonds. The second-order valence-electron chi connectivity index (χ2n) is 7.32. The first-order chi connectivity index (χ1) is 14.2. The minimum atomic E-state index is 0.0533. The summed E-state index contributed by atoms with van der Waals surface area (Å²) in [7, 11) is 3.22. The molecule has 0 bridgehead atoms. The summed E-state index contributed by atoms with van der Waals surface area (Å²) in [6.07, 6.45) is 1.08. The zero-order valence-corrected chi connectivity index (χ0v) is 17.4. The van der Waals surface area contributed by atoms with E-state index in [1.807, 2.05) is 18.2 Å². The van der Waals surface area contributed by atoms with E-state index in [0.29, 0.717) is 24.6 Å². The van der Waals surface area contributed by atoms with Crippen LogP contribution in [-0.4, -0.2) is 69.2 Å². The first-order valence-corrected chi connectivity index (χ1v) is 10.1. The minimum absolute atomic E-state index is 0.0533. The van der Waals surface area contributed by atoms with Crippen LogP contribution < -0.4 is 14.8 Å². The van der Waals surface area contributed by atoms with Gasteiger partial charge in [-0.05, 0) is 29.7 Å². The van der Waals surface area contributed by atoms with Crippen LogP contribution in [0.2, 0.25) is 0 Å². The molecule has 0 atom stereocenters. The lowest BCUT2D eigenvalue weighted by Gasteiger charge is -2.34. The molecule has 2 aromatic rings. The van der Waals surface area contributed by atoms with Gasteiger partial charge >= 0.3 is 0 Å². The van der Waals surface area contributed by atoms with E-state index in [1.165, 1.54) is 5.56 Å². The Morgan fingerprint density at radius 1 is 0.897 bits per heavy atom. The van der Waals surface area contributed by atoms with Crippen molar-refractivity contribution in [3.05, 3.63) is 59.7 Å². The number of ether oxygens (including phenoxy) is 2. The third-order valence-corrected chi connectivity index (χ3v) is 5.33. The Kier molecular flexibility index (Phi) is 7.90. The van der Waals surface area contributed by atoms with Gasteiger partial charge in [-0.3, -0.25) is 9.69 Å². The van der Waals surface area contributed by atoms with Gasteiger partial charge in [0.05, 0.1) is 20.8 Å². The topological polar surface area (TPSA) is 54.0 Å². The lowest BCUT2D eigenvalue weighted by molar-refractivity contribution is -0.122. The van der Waals surface area contributed by atoms with E-state index in [2.05, 4.69) is 45.4 Å². The first kappa shape index (κ1) is 21.1. The van der Waals surface area contributed by atoms with Crippen molar-refractivity contribution in [3.63, 3.8) is 0 Å². The van der Waals surface area contributed by atoms with Gasteiger partial charge in [0.25, 0.3) is 0 Å². The predicted octanol–water partition coefficient (Wildman–Crippen LogP) is 2.18. The van der Waals surface area contributed by atoms with Gasteiger partial charge in [-0.15, -0.1) is 0 Å². The zero-order valence-electron chi connectivity index (χ0n) is 17.4. The monoisotopic (exact) mass is 397 g/mol. The summed E-state index contributed by atoms with van der Waals surface area (Å²) in [6.45, 7) is 5.88. The summed E-state index contributed by atoms with van der Waals surface area (Å²) in [6, 6.07) is 16.3. The highest BCUT2D eigenvalue weighted by Crippen LogP contribution is 2.27. The van der Waals surface area contributed by atoms with Crippen LogP contribution in [0.25, 0.3) is 0 Å². The van der Waals surface area contributed by atoms with Crippen LogP contribution in [0.4, 0.5) is 0 Å². The average Bonchev–Trinajstić information content (AvgIpc) is 2.77. The van der Waals surface area contributed by atoms with E-state index in [0.717, 1.165) is 44.7 Å². The van der Waals surface area contributed by atoms with Gasteiger partial charge in [0.15, 0.2) is 11.5 Å². The number of hydrogen-bond acceptors (Lipinski definition) is 5. The molecule has 2 aromatic carbocycles. The number of piperazine rings is 1. The normalized spacial score (nSPS) is 15.1. The van der Waals surface area contributed by atoms with E-state index in [4.69, 9.17) is 9.47 Å². The molecule has 0 aliphatic carbocycles. The maximum atomic E-state index is 12.3. The van der Waals surface area contributed by atoms with E-state index in [1.54, 1.807) is 14.2 Å². The Hall–Kier alpha value is -2.57. The highest BCUT2D eigenvalue weighted by atomic mass is 16.5. The van der Waals surface area contributed by atoms with Crippen LogP contribution in [-0.2, 0) is 17.8 Å². The number of benzene rings is 2. The number of hydrogen-bond donors (Lipinski definition) is 1. The number of rotatable bonds is 9. The smallest absolute Gasteiger partial charge is 0.234 e. The Balaban J connectivity index is 1.36. The molecule has 0 unspecified atom stereocenters. The highest BCUT2D eigenvalue weighted by Gasteiger charge is 2.18. The number of nitrogens with one attached hydrogen (secondary N) is 1. The summed E-state index contributed by atoms with van der Waals surface area (Å²) < 4.78 is 10.6. The van der Waals surface area contributed by atoms with E-state index < -0.39 is 0 Å². The number of carbonyl (C=O) groups excluding carboxylic acids is 1. The van der Waals surface area contributed by atoms with E-state index in [-0.39, 0.29) is 5.91 Å². The van der Waals surface area contributed by atoms with Crippen molar-refractivity contribution in [2.45, 2.75) is 13.0 Å². The largest absolute Gasteiger partial charge is 0.493 e. The molecule has 1 N–H and O–H groups in total. The highest BCUT2D eigenvalue weighted by molar-refractivity contribution is 5.78. The summed E-state index contributed by atoms with van der Waals surface area (Å²) in [5, 5.41) is 3.00. The fourth-order valence-corrected chi connectivity index (χ4v) is 3.55. The molecule has 1 fully saturated rings. The van der Waals surface area contributed by atoms with Crippen LogP contribution in [0.15, 0.2) is 48.5 Å². The van der Waals surface area contributed by atoms with Crippen molar-refractivity contribution >= 4 is 5.91 Å². The van der Waals surface area contributed by atoms with Crippen molar-refractivity contribution in [3.8, 4) is 11.5 Å². The van der Waals surface area contributed by atoms with Gasteiger partial charge in [0.1, 0.15) is 0 Å². The maximum absolute atomic E-state index is 12.3. The predicted molar refractivity (Wildman–Crippen MR) is 114 cm³/mol. The van der Waals surface area contributed by atoms with Crippen LogP contribution in [0.5, 0.6) is 11.5 Å². The van der Waals surface area contributed by atoms with Crippen LogP contribution >= 0.6 is 0 Å². The molecule has 156 valence electrons. The summed E-state index contributed by atoms with van der Waals surface area (Å²) in [5.74, 6) is 1.41. The molecule has 0 spiro atoms. The molecule has 29 heavy (non-hydrogen) atoms.